The number of carbonyl (C=O) groups excluding carboxylic acids is 3. The molecule has 3 aliphatic heterocycles. The Labute approximate surface area is 210 Å². The molecule has 8 nitrogen and oxygen atoms in total. The van der Waals surface area contributed by atoms with Crippen molar-refractivity contribution in [2.24, 2.45) is 11.8 Å². The van der Waals surface area contributed by atoms with Crippen molar-refractivity contribution < 1.29 is 24.2 Å². The maximum Gasteiger partial charge on any atom is 0.249 e. The van der Waals surface area contributed by atoms with Gasteiger partial charge in [-0.1, -0.05) is 19.1 Å². The van der Waals surface area contributed by atoms with Crippen LogP contribution in [-0.4, -0.2) is 93.6 Å². The van der Waals surface area contributed by atoms with Crippen LogP contribution in [0.4, 0.5) is 0 Å². The second-order valence-electron chi connectivity index (χ2n) is 11.0. The monoisotopic (exact) mass is 489 g/mol. The average molecular weight is 490 g/mol. The third-order valence-corrected chi connectivity index (χ3v) is 7.67. The lowest BCUT2D eigenvalue weighted by atomic mass is 9.70. The summed E-state index contributed by atoms with van der Waals surface area (Å²) < 4.78 is 6.55. The Bertz CT molecular complexity index is 837. The Hall–Kier alpha value is -2.19. The van der Waals surface area contributed by atoms with E-state index >= 15 is 0 Å². The predicted molar refractivity (Wildman–Crippen MR) is 134 cm³/mol. The van der Waals surface area contributed by atoms with Gasteiger partial charge in [0.05, 0.1) is 17.9 Å². The second-order valence-corrected chi connectivity index (χ2v) is 11.0. The van der Waals surface area contributed by atoms with Gasteiger partial charge in [0.25, 0.3) is 0 Å². The zero-order valence-corrected chi connectivity index (χ0v) is 21.9. The highest BCUT2D eigenvalue weighted by Gasteiger charge is 2.75. The average Bonchev–Trinajstić information content (AvgIpc) is 3.43. The maximum atomic E-state index is 14.2. The van der Waals surface area contributed by atoms with Crippen molar-refractivity contribution in [1.29, 1.82) is 0 Å². The van der Waals surface area contributed by atoms with E-state index in [0.717, 1.165) is 6.42 Å². The van der Waals surface area contributed by atoms with Gasteiger partial charge in [-0.15, -0.1) is 13.2 Å². The summed E-state index contributed by atoms with van der Waals surface area (Å²) in [6, 6.07) is -0.792. The molecule has 3 aliphatic rings. The van der Waals surface area contributed by atoms with E-state index in [2.05, 4.69) is 13.2 Å². The molecule has 2 bridgehead atoms. The molecule has 5 atom stereocenters. The zero-order valence-electron chi connectivity index (χ0n) is 21.9. The van der Waals surface area contributed by atoms with Gasteiger partial charge in [-0.2, -0.15) is 0 Å². The van der Waals surface area contributed by atoms with Crippen LogP contribution in [0.5, 0.6) is 0 Å². The minimum atomic E-state index is -1.00. The van der Waals surface area contributed by atoms with E-state index in [1.807, 2.05) is 27.7 Å². The molecule has 0 saturated carbocycles. The highest BCUT2D eigenvalue weighted by atomic mass is 16.5. The second kappa shape index (κ2) is 10.8. The zero-order chi connectivity index (χ0) is 26.0. The number of likely N-dealkylation sites (tertiary alicyclic amines) is 1. The largest absolute Gasteiger partial charge is 0.396 e. The third-order valence-electron chi connectivity index (χ3n) is 7.67. The van der Waals surface area contributed by atoms with Crippen LogP contribution in [0.3, 0.4) is 0 Å². The number of hydrogen-bond acceptors (Lipinski definition) is 5. The van der Waals surface area contributed by atoms with Gasteiger partial charge in [0.2, 0.25) is 17.7 Å². The Morgan fingerprint density at radius 3 is 2.46 bits per heavy atom. The smallest absolute Gasteiger partial charge is 0.249 e. The maximum absolute atomic E-state index is 14.2. The fraction of sp³-hybridized carbons (Fsp3) is 0.741. The first-order chi connectivity index (χ1) is 16.6. The van der Waals surface area contributed by atoms with Crippen LogP contribution < -0.4 is 0 Å². The molecular formula is C27H43N3O5. The number of unbranched alkanes of at least 4 members (excludes halogenated alkanes) is 1. The Balaban J connectivity index is 2.03. The van der Waals surface area contributed by atoms with E-state index < -0.39 is 29.0 Å². The normalized spacial score (nSPS) is 29.3. The Morgan fingerprint density at radius 2 is 1.89 bits per heavy atom. The van der Waals surface area contributed by atoms with E-state index in [1.54, 1.807) is 26.9 Å². The van der Waals surface area contributed by atoms with Gasteiger partial charge in [0.1, 0.15) is 11.6 Å². The summed E-state index contributed by atoms with van der Waals surface area (Å²) in [4.78, 5) is 47.0. The molecule has 1 N–H and O–H groups in total. The lowest BCUT2D eigenvalue weighted by molar-refractivity contribution is -0.151. The number of aliphatic hydroxyl groups excluding tert-OH is 1. The molecule has 3 saturated heterocycles. The molecule has 0 radical (unpaired) electrons. The number of aliphatic hydroxyl groups is 1. The quantitative estimate of drug-likeness (QED) is 0.336. The number of amides is 3. The molecule has 196 valence electrons. The van der Waals surface area contributed by atoms with Gasteiger partial charge in [0.15, 0.2) is 0 Å². The predicted octanol–water partition coefficient (Wildman–Crippen LogP) is 2.37. The van der Waals surface area contributed by atoms with Crippen LogP contribution in [-0.2, 0) is 19.1 Å². The molecule has 8 heteroatoms. The molecule has 0 aromatic rings. The van der Waals surface area contributed by atoms with Crippen LogP contribution in [0.2, 0.25) is 0 Å². The standard InChI is InChI=1S/C27H43N3O5/c1-7-14-28(15-8-2)23(32)20-19-12-13-27(35-19)21(20)24(33)29(17-10-11-18-31)22(27)25(34)30(16-9-3)26(4,5)6/h7,9,19-22,31H,1,3,8,10-18H2,2,4-6H3/t19-,20+,21-,22?,27?/m0/s1. The first kappa shape index (κ1) is 27.4. The number of ether oxygens (including phenoxy) is 1. The highest BCUT2D eigenvalue weighted by Crippen LogP contribution is 2.59. The summed E-state index contributed by atoms with van der Waals surface area (Å²) in [5, 5.41) is 9.32. The van der Waals surface area contributed by atoms with E-state index in [0.29, 0.717) is 51.9 Å². The fourth-order valence-electron chi connectivity index (χ4n) is 6.25. The molecule has 0 aromatic carbocycles. The van der Waals surface area contributed by atoms with Crippen molar-refractivity contribution in [3.05, 3.63) is 25.3 Å². The van der Waals surface area contributed by atoms with Gasteiger partial charge >= 0.3 is 0 Å². The number of nitrogens with zero attached hydrogens (tertiary/aromatic N) is 3. The van der Waals surface area contributed by atoms with Crippen molar-refractivity contribution in [3.63, 3.8) is 0 Å². The van der Waals surface area contributed by atoms with Crippen molar-refractivity contribution in [2.75, 3.05) is 32.8 Å². The van der Waals surface area contributed by atoms with Gasteiger partial charge in [-0.05, 0) is 52.9 Å². The van der Waals surface area contributed by atoms with E-state index in [-0.39, 0.29) is 30.4 Å². The molecule has 1 spiro atoms. The Kier molecular flexibility index (Phi) is 8.48. The van der Waals surface area contributed by atoms with Crippen LogP contribution in [0, 0.1) is 11.8 Å². The summed E-state index contributed by atoms with van der Waals surface area (Å²) in [6.07, 6.45) is 6.18. The summed E-state index contributed by atoms with van der Waals surface area (Å²) >= 11 is 0. The summed E-state index contributed by atoms with van der Waals surface area (Å²) in [5.41, 5.74) is -1.48. The van der Waals surface area contributed by atoms with Crippen LogP contribution in [0.25, 0.3) is 0 Å². The van der Waals surface area contributed by atoms with Crippen LogP contribution >= 0.6 is 0 Å². The Morgan fingerprint density at radius 1 is 1.20 bits per heavy atom. The third kappa shape index (κ3) is 4.79. The molecule has 0 aliphatic carbocycles. The van der Waals surface area contributed by atoms with Gasteiger partial charge in [0, 0.05) is 38.3 Å². The molecular weight excluding hydrogens is 446 g/mol. The molecule has 3 rings (SSSR count). The number of carbonyl (C=O) groups is 3. The van der Waals surface area contributed by atoms with Gasteiger partial charge in [-0.3, -0.25) is 14.4 Å². The number of fused-ring (bicyclic) bond motifs is 1. The molecule has 3 amide bonds. The van der Waals surface area contributed by atoms with Crippen molar-refractivity contribution in [3.8, 4) is 0 Å². The highest BCUT2D eigenvalue weighted by molar-refractivity contribution is 5.99. The lowest BCUT2D eigenvalue weighted by Crippen LogP contribution is -2.60. The lowest BCUT2D eigenvalue weighted by Gasteiger charge is -2.42. The van der Waals surface area contributed by atoms with E-state index in [4.69, 9.17) is 4.74 Å². The van der Waals surface area contributed by atoms with Gasteiger partial charge in [-0.25, -0.2) is 0 Å². The van der Waals surface area contributed by atoms with Crippen molar-refractivity contribution in [2.45, 2.75) is 83.1 Å². The molecule has 3 fully saturated rings. The molecule has 0 aromatic heterocycles. The molecule has 35 heavy (non-hydrogen) atoms. The summed E-state index contributed by atoms with van der Waals surface area (Å²) in [7, 11) is 0. The topological polar surface area (TPSA) is 90.4 Å². The van der Waals surface area contributed by atoms with Crippen molar-refractivity contribution >= 4 is 17.7 Å². The SMILES string of the molecule is C=CCN(CCC)C(=O)[C@@H]1[C@@H]2CCC3(O2)C(C(=O)N(CC=C)C(C)(C)C)N(CCCCO)C(=O)[C@H]13. The summed E-state index contributed by atoms with van der Waals surface area (Å²) in [6.45, 7) is 17.3. The minimum absolute atomic E-state index is 0.0208. The molecule has 3 heterocycles. The summed E-state index contributed by atoms with van der Waals surface area (Å²) in [5.74, 6) is -1.69. The number of rotatable bonds is 12. The van der Waals surface area contributed by atoms with Crippen molar-refractivity contribution in [1.82, 2.24) is 14.7 Å². The fourth-order valence-corrected chi connectivity index (χ4v) is 6.25. The molecule has 2 unspecified atom stereocenters. The van der Waals surface area contributed by atoms with Crippen LogP contribution in [0.1, 0.15) is 59.8 Å². The minimum Gasteiger partial charge on any atom is -0.396 e. The first-order valence-corrected chi connectivity index (χ1v) is 13.0. The number of hydrogen-bond donors (Lipinski definition) is 1. The van der Waals surface area contributed by atoms with Gasteiger partial charge < -0.3 is 24.5 Å². The van der Waals surface area contributed by atoms with E-state index in [1.165, 1.54) is 0 Å². The van der Waals surface area contributed by atoms with Crippen LogP contribution in [0.15, 0.2) is 25.3 Å². The van der Waals surface area contributed by atoms with E-state index in [9.17, 15) is 19.5 Å². The first-order valence-electron chi connectivity index (χ1n) is 13.0.